The van der Waals surface area contributed by atoms with Crippen molar-refractivity contribution < 1.29 is 4.74 Å². The summed E-state index contributed by atoms with van der Waals surface area (Å²) in [5.74, 6) is 2.60. The van der Waals surface area contributed by atoms with E-state index in [-0.39, 0.29) is 0 Å². The van der Waals surface area contributed by atoms with Crippen molar-refractivity contribution in [1.29, 1.82) is 0 Å². The molecular weight excluding hydrogens is 548 g/mol. The van der Waals surface area contributed by atoms with Crippen LogP contribution in [0, 0.1) is 0 Å². The fourth-order valence-corrected chi connectivity index (χ4v) is 7.24. The van der Waals surface area contributed by atoms with Crippen LogP contribution in [0.15, 0.2) is 157 Å². The SMILES string of the molecule is CN/C(=N\C(=C(/C)c1ccccc1)c1cccc2c1-c1ccccc1C21c2ccccc2Oc2ccccc21)c1ccccc1. The highest BCUT2D eigenvalue weighted by molar-refractivity contribution is 6.07. The molecule has 8 rings (SSSR count). The predicted molar refractivity (Wildman–Crippen MR) is 185 cm³/mol. The average Bonchev–Trinajstić information content (AvgIpc) is 3.40. The Morgan fingerprint density at radius 1 is 0.556 bits per heavy atom. The minimum Gasteiger partial charge on any atom is -0.457 e. The van der Waals surface area contributed by atoms with Crippen LogP contribution in [0.25, 0.3) is 22.4 Å². The highest BCUT2D eigenvalue weighted by Gasteiger charge is 2.51. The van der Waals surface area contributed by atoms with Gasteiger partial charge in [0.1, 0.15) is 17.3 Å². The second-order valence-electron chi connectivity index (χ2n) is 11.5. The van der Waals surface area contributed by atoms with Crippen molar-refractivity contribution >= 4 is 17.1 Å². The zero-order valence-corrected chi connectivity index (χ0v) is 25.3. The van der Waals surface area contributed by atoms with Crippen LogP contribution < -0.4 is 10.1 Å². The van der Waals surface area contributed by atoms with Gasteiger partial charge in [0.25, 0.3) is 0 Å². The van der Waals surface area contributed by atoms with E-state index in [1.807, 2.05) is 13.1 Å². The van der Waals surface area contributed by atoms with Crippen LogP contribution in [-0.2, 0) is 5.41 Å². The van der Waals surface area contributed by atoms with E-state index in [1.54, 1.807) is 0 Å². The van der Waals surface area contributed by atoms with Crippen molar-refractivity contribution in [3.05, 3.63) is 191 Å². The molecule has 1 spiro atoms. The van der Waals surface area contributed by atoms with Gasteiger partial charge in [-0.1, -0.05) is 140 Å². The third-order valence-corrected chi connectivity index (χ3v) is 9.20. The Balaban J connectivity index is 1.49. The number of aliphatic imine (C=N–C) groups is 1. The number of nitrogens with zero attached hydrogens (tertiary/aromatic N) is 1. The monoisotopic (exact) mass is 580 g/mol. The summed E-state index contributed by atoms with van der Waals surface area (Å²) in [6.07, 6.45) is 0. The zero-order chi connectivity index (χ0) is 30.4. The van der Waals surface area contributed by atoms with Gasteiger partial charge in [-0.05, 0) is 52.4 Å². The lowest BCUT2D eigenvalue weighted by Crippen LogP contribution is -2.32. The molecule has 3 nitrogen and oxygen atoms in total. The molecule has 1 aliphatic carbocycles. The number of nitrogens with one attached hydrogen (secondary N) is 1. The lowest BCUT2D eigenvalue weighted by Gasteiger charge is -2.39. The number of para-hydroxylation sites is 2. The van der Waals surface area contributed by atoms with Gasteiger partial charge in [0, 0.05) is 29.3 Å². The standard InChI is InChI=1S/C42H32N2O/c1-28(29-16-5-3-6-17-29)40(44-41(43-2)30-18-7-4-8-19-30)32-21-15-25-36-39(32)31-20-9-10-22-33(31)42(36)34-23-11-13-26-37(34)45-38-27-14-12-24-35(38)42/h3-27H,1-2H3,(H,43,44)/b40-28+. The topological polar surface area (TPSA) is 33.6 Å². The molecule has 1 aliphatic heterocycles. The molecule has 0 saturated heterocycles. The van der Waals surface area contributed by atoms with Crippen LogP contribution in [0.2, 0.25) is 0 Å². The van der Waals surface area contributed by atoms with E-state index in [0.29, 0.717) is 0 Å². The van der Waals surface area contributed by atoms with Crippen LogP contribution in [0.1, 0.15) is 45.9 Å². The second-order valence-corrected chi connectivity index (χ2v) is 11.5. The summed E-state index contributed by atoms with van der Waals surface area (Å²) in [5.41, 5.74) is 12.0. The highest BCUT2D eigenvalue weighted by Crippen LogP contribution is 2.63. The Morgan fingerprint density at radius 3 is 1.73 bits per heavy atom. The van der Waals surface area contributed by atoms with Crippen molar-refractivity contribution in [1.82, 2.24) is 5.32 Å². The lowest BCUT2D eigenvalue weighted by molar-refractivity contribution is 0.436. The van der Waals surface area contributed by atoms with Gasteiger partial charge >= 0.3 is 0 Å². The maximum atomic E-state index is 6.54. The van der Waals surface area contributed by atoms with Gasteiger partial charge in [0.05, 0.1) is 11.1 Å². The summed E-state index contributed by atoms with van der Waals surface area (Å²) >= 11 is 0. The van der Waals surface area contributed by atoms with Crippen LogP contribution in [-0.4, -0.2) is 12.9 Å². The van der Waals surface area contributed by atoms with Gasteiger partial charge in [-0.2, -0.15) is 0 Å². The first-order valence-electron chi connectivity index (χ1n) is 15.4. The first kappa shape index (κ1) is 26.9. The Labute approximate surface area is 264 Å². The van der Waals surface area contributed by atoms with Crippen LogP contribution in [0.5, 0.6) is 11.5 Å². The summed E-state index contributed by atoms with van der Waals surface area (Å²) in [4.78, 5) is 5.44. The molecular formula is C42H32N2O. The Hall–Kier alpha value is -5.67. The van der Waals surface area contributed by atoms with Crippen molar-refractivity contribution in [2.24, 2.45) is 4.99 Å². The van der Waals surface area contributed by atoms with Gasteiger partial charge in [-0.3, -0.25) is 0 Å². The fraction of sp³-hybridized carbons (Fsp3) is 0.0714. The van der Waals surface area contributed by atoms with E-state index in [4.69, 9.17) is 9.73 Å². The number of amidine groups is 1. The molecule has 0 aromatic heterocycles. The molecule has 45 heavy (non-hydrogen) atoms. The second kappa shape index (κ2) is 10.8. The number of hydrogen-bond donors (Lipinski definition) is 1. The minimum atomic E-state index is -0.534. The molecule has 0 bridgehead atoms. The quantitative estimate of drug-likeness (QED) is 0.128. The number of ether oxygens (including phenoxy) is 1. The average molecular weight is 581 g/mol. The summed E-state index contributed by atoms with van der Waals surface area (Å²) in [5, 5.41) is 3.39. The molecule has 0 saturated carbocycles. The number of benzene rings is 6. The van der Waals surface area contributed by atoms with Crippen LogP contribution >= 0.6 is 0 Å². The Kier molecular flexibility index (Phi) is 6.46. The molecule has 1 N–H and O–H groups in total. The number of fused-ring (bicyclic) bond motifs is 9. The maximum Gasteiger partial charge on any atom is 0.133 e. The zero-order valence-electron chi connectivity index (χ0n) is 25.3. The van der Waals surface area contributed by atoms with E-state index >= 15 is 0 Å². The summed E-state index contributed by atoms with van der Waals surface area (Å²) in [7, 11) is 1.94. The molecule has 2 aliphatic rings. The Bertz CT molecular complexity index is 2080. The first-order valence-corrected chi connectivity index (χ1v) is 15.4. The Morgan fingerprint density at radius 2 is 1.09 bits per heavy atom. The molecule has 0 unspecified atom stereocenters. The summed E-state index contributed by atoms with van der Waals surface area (Å²) < 4.78 is 6.54. The van der Waals surface area contributed by atoms with Gasteiger partial charge in [-0.25, -0.2) is 4.99 Å². The molecule has 6 aromatic carbocycles. The third-order valence-electron chi connectivity index (χ3n) is 9.20. The molecule has 0 amide bonds. The number of allylic oxidation sites excluding steroid dienone is 1. The molecule has 216 valence electrons. The maximum absolute atomic E-state index is 6.54. The molecule has 0 radical (unpaired) electrons. The van der Waals surface area contributed by atoms with Crippen LogP contribution in [0.3, 0.4) is 0 Å². The van der Waals surface area contributed by atoms with Crippen LogP contribution in [0.4, 0.5) is 0 Å². The van der Waals surface area contributed by atoms with Gasteiger partial charge in [-0.15, -0.1) is 0 Å². The predicted octanol–water partition coefficient (Wildman–Crippen LogP) is 9.71. The van der Waals surface area contributed by atoms with E-state index in [9.17, 15) is 0 Å². The van der Waals surface area contributed by atoms with E-state index in [1.165, 1.54) is 22.3 Å². The molecule has 6 aromatic rings. The molecule has 3 heteroatoms. The summed E-state index contributed by atoms with van der Waals surface area (Å²) in [6, 6.07) is 53.5. The molecule has 1 heterocycles. The van der Waals surface area contributed by atoms with E-state index in [2.05, 4.69) is 158 Å². The molecule has 0 atom stereocenters. The van der Waals surface area contributed by atoms with Crippen molar-refractivity contribution in [3.63, 3.8) is 0 Å². The number of hydrogen-bond acceptors (Lipinski definition) is 2. The highest BCUT2D eigenvalue weighted by atomic mass is 16.5. The van der Waals surface area contributed by atoms with E-state index in [0.717, 1.165) is 56.4 Å². The van der Waals surface area contributed by atoms with E-state index < -0.39 is 5.41 Å². The van der Waals surface area contributed by atoms with Crippen molar-refractivity contribution in [2.75, 3.05) is 7.05 Å². The van der Waals surface area contributed by atoms with Gasteiger partial charge in [0.2, 0.25) is 0 Å². The normalized spacial score (nSPS) is 14.4. The number of rotatable bonds is 4. The molecule has 0 fully saturated rings. The van der Waals surface area contributed by atoms with Crippen molar-refractivity contribution in [3.8, 4) is 22.6 Å². The smallest absolute Gasteiger partial charge is 0.133 e. The van der Waals surface area contributed by atoms with Gasteiger partial charge < -0.3 is 10.1 Å². The van der Waals surface area contributed by atoms with Gasteiger partial charge in [0.15, 0.2) is 0 Å². The lowest BCUT2D eigenvalue weighted by atomic mass is 9.66. The fourth-order valence-electron chi connectivity index (χ4n) is 7.24. The first-order chi connectivity index (χ1) is 22.2. The summed E-state index contributed by atoms with van der Waals surface area (Å²) in [6.45, 7) is 2.18. The minimum absolute atomic E-state index is 0.534. The van der Waals surface area contributed by atoms with Crippen molar-refractivity contribution in [2.45, 2.75) is 12.3 Å². The third kappa shape index (κ3) is 4.08. The largest absolute Gasteiger partial charge is 0.457 e.